The van der Waals surface area contributed by atoms with Gasteiger partial charge in [0.2, 0.25) is 0 Å². The molecule has 19 heavy (non-hydrogen) atoms. The molecule has 1 unspecified atom stereocenters. The Hall–Kier alpha value is -2.07. The maximum Gasteiger partial charge on any atom is 0.0668 e. The Morgan fingerprint density at radius 1 is 0.947 bits per heavy atom. The summed E-state index contributed by atoms with van der Waals surface area (Å²) in [6.07, 6.45) is 3.29. The molecular weight excluding hydrogens is 230 g/mol. The summed E-state index contributed by atoms with van der Waals surface area (Å²) in [6.45, 7) is 0. The van der Waals surface area contributed by atoms with Crippen LogP contribution in [0.15, 0.2) is 48.5 Å². The number of fused-ring (bicyclic) bond motifs is 5. The molecule has 1 atom stereocenters. The van der Waals surface area contributed by atoms with E-state index in [4.69, 9.17) is 0 Å². The summed E-state index contributed by atoms with van der Waals surface area (Å²) in [4.78, 5) is 0. The Kier molecular flexibility index (Phi) is 2.11. The molecular formula is C18H15N. The van der Waals surface area contributed by atoms with Gasteiger partial charge < -0.3 is 0 Å². The minimum absolute atomic E-state index is 0.0397. The van der Waals surface area contributed by atoms with Crippen molar-refractivity contribution in [2.75, 3.05) is 0 Å². The minimum atomic E-state index is -0.0397. The standard InChI is InChI=1S/C18H15N/c19-12-13-6-5-11-18(13)16-9-3-1-7-14(16)15-8-2-4-10-17(15)18/h1-4,7-10,13H,5-6,11H2. The van der Waals surface area contributed by atoms with Gasteiger partial charge in [0.15, 0.2) is 0 Å². The first-order chi connectivity index (χ1) is 9.38. The number of hydrogen-bond acceptors (Lipinski definition) is 1. The van der Waals surface area contributed by atoms with Crippen LogP contribution in [0.25, 0.3) is 11.1 Å². The normalized spacial score (nSPS) is 21.9. The summed E-state index contributed by atoms with van der Waals surface area (Å²) in [6, 6.07) is 19.9. The van der Waals surface area contributed by atoms with E-state index in [1.165, 1.54) is 22.3 Å². The van der Waals surface area contributed by atoms with Crippen LogP contribution < -0.4 is 0 Å². The average molecular weight is 245 g/mol. The number of benzene rings is 2. The highest BCUT2D eigenvalue weighted by molar-refractivity contribution is 5.81. The summed E-state index contributed by atoms with van der Waals surface area (Å²) in [5.74, 6) is 0.122. The van der Waals surface area contributed by atoms with Gasteiger partial charge in [-0.25, -0.2) is 0 Å². The van der Waals surface area contributed by atoms with E-state index in [2.05, 4.69) is 54.6 Å². The fourth-order valence-corrected chi connectivity index (χ4v) is 4.18. The molecule has 0 radical (unpaired) electrons. The Bertz CT molecular complexity index is 647. The lowest BCUT2D eigenvalue weighted by Crippen LogP contribution is -2.28. The third kappa shape index (κ3) is 1.19. The summed E-state index contributed by atoms with van der Waals surface area (Å²) in [7, 11) is 0. The van der Waals surface area contributed by atoms with Crippen LogP contribution in [-0.2, 0) is 5.41 Å². The molecule has 1 saturated carbocycles. The van der Waals surface area contributed by atoms with E-state index < -0.39 is 0 Å². The van der Waals surface area contributed by atoms with Crippen molar-refractivity contribution < 1.29 is 0 Å². The topological polar surface area (TPSA) is 23.8 Å². The van der Waals surface area contributed by atoms with Crippen molar-refractivity contribution in [3.8, 4) is 17.2 Å². The Morgan fingerprint density at radius 2 is 1.53 bits per heavy atom. The molecule has 0 amide bonds. The fourth-order valence-electron chi connectivity index (χ4n) is 4.18. The lowest BCUT2D eigenvalue weighted by Gasteiger charge is -2.30. The maximum atomic E-state index is 9.59. The van der Waals surface area contributed by atoms with Crippen LogP contribution in [0.2, 0.25) is 0 Å². The molecule has 0 aliphatic heterocycles. The van der Waals surface area contributed by atoms with E-state index >= 15 is 0 Å². The van der Waals surface area contributed by atoms with Gasteiger partial charge in [-0.2, -0.15) is 5.26 Å². The Balaban J connectivity index is 2.10. The lowest BCUT2D eigenvalue weighted by atomic mass is 9.71. The molecule has 1 heteroatoms. The molecule has 0 N–H and O–H groups in total. The predicted molar refractivity (Wildman–Crippen MR) is 75.6 cm³/mol. The lowest BCUT2D eigenvalue weighted by molar-refractivity contribution is 0.463. The highest BCUT2D eigenvalue weighted by atomic mass is 14.5. The van der Waals surface area contributed by atoms with Gasteiger partial charge in [0.1, 0.15) is 0 Å². The number of rotatable bonds is 0. The van der Waals surface area contributed by atoms with Crippen LogP contribution in [0, 0.1) is 17.2 Å². The first-order valence-corrected chi connectivity index (χ1v) is 6.97. The quantitative estimate of drug-likeness (QED) is 0.679. The van der Waals surface area contributed by atoms with Gasteiger partial charge in [-0.3, -0.25) is 0 Å². The van der Waals surface area contributed by atoms with Crippen LogP contribution >= 0.6 is 0 Å². The molecule has 0 heterocycles. The van der Waals surface area contributed by atoms with Crippen molar-refractivity contribution in [1.29, 1.82) is 5.26 Å². The molecule has 2 aliphatic carbocycles. The van der Waals surface area contributed by atoms with Crippen LogP contribution in [0.1, 0.15) is 30.4 Å². The van der Waals surface area contributed by atoms with E-state index in [0.29, 0.717) is 0 Å². The molecule has 0 aromatic heterocycles. The van der Waals surface area contributed by atoms with Crippen LogP contribution in [0.3, 0.4) is 0 Å². The summed E-state index contributed by atoms with van der Waals surface area (Å²) in [5, 5.41) is 9.59. The van der Waals surface area contributed by atoms with Gasteiger partial charge in [0.25, 0.3) is 0 Å². The molecule has 2 aromatic carbocycles. The first-order valence-electron chi connectivity index (χ1n) is 6.97. The molecule has 1 nitrogen and oxygen atoms in total. The molecule has 0 bridgehead atoms. The van der Waals surface area contributed by atoms with E-state index in [1.54, 1.807) is 0 Å². The van der Waals surface area contributed by atoms with Crippen LogP contribution in [0.4, 0.5) is 0 Å². The van der Waals surface area contributed by atoms with Crippen molar-refractivity contribution in [1.82, 2.24) is 0 Å². The third-order valence-electron chi connectivity index (χ3n) is 4.92. The van der Waals surface area contributed by atoms with Gasteiger partial charge >= 0.3 is 0 Å². The fraction of sp³-hybridized carbons (Fsp3) is 0.278. The SMILES string of the molecule is N#CC1CCCC12c1ccccc1-c1ccccc12. The van der Waals surface area contributed by atoms with Crippen molar-refractivity contribution in [2.45, 2.75) is 24.7 Å². The number of hydrogen-bond donors (Lipinski definition) is 0. The largest absolute Gasteiger partial charge is 0.198 e. The molecule has 2 aliphatic rings. The highest BCUT2D eigenvalue weighted by Crippen LogP contribution is 2.58. The molecule has 4 rings (SSSR count). The third-order valence-corrected chi connectivity index (χ3v) is 4.92. The predicted octanol–water partition coefficient (Wildman–Crippen LogP) is 4.28. The molecule has 1 spiro atoms. The monoisotopic (exact) mass is 245 g/mol. The summed E-state index contributed by atoms with van der Waals surface area (Å²) >= 11 is 0. The summed E-state index contributed by atoms with van der Waals surface area (Å²) in [5.41, 5.74) is 5.38. The maximum absolute atomic E-state index is 9.59. The number of nitrogens with zero attached hydrogens (tertiary/aromatic N) is 1. The molecule has 92 valence electrons. The van der Waals surface area contributed by atoms with Crippen molar-refractivity contribution in [3.05, 3.63) is 59.7 Å². The van der Waals surface area contributed by atoms with Crippen molar-refractivity contribution in [2.24, 2.45) is 5.92 Å². The zero-order chi connectivity index (χ0) is 12.9. The van der Waals surface area contributed by atoms with Crippen molar-refractivity contribution in [3.63, 3.8) is 0 Å². The van der Waals surface area contributed by atoms with E-state index in [9.17, 15) is 5.26 Å². The average Bonchev–Trinajstić information content (AvgIpc) is 3.03. The van der Waals surface area contributed by atoms with E-state index in [0.717, 1.165) is 19.3 Å². The second-order valence-corrected chi connectivity index (χ2v) is 5.64. The molecule has 2 aromatic rings. The zero-order valence-corrected chi connectivity index (χ0v) is 10.8. The van der Waals surface area contributed by atoms with Gasteiger partial charge in [0, 0.05) is 5.41 Å². The second-order valence-electron chi connectivity index (χ2n) is 5.64. The van der Waals surface area contributed by atoms with E-state index in [-0.39, 0.29) is 11.3 Å². The zero-order valence-electron chi connectivity index (χ0n) is 10.8. The van der Waals surface area contributed by atoms with Gasteiger partial charge in [-0.05, 0) is 35.1 Å². The molecule has 0 saturated heterocycles. The van der Waals surface area contributed by atoms with Crippen molar-refractivity contribution >= 4 is 0 Å². The Labute approximate surface area is 113 Å². The minimum Gasteiger partial charge on any atom is -0.198 e. The van der Waals surface area contributed by atoms with Gasteiger partial charge in [-0.1, -0.05) is 55.0 Å². The smallest absolute Gasteiger partial charge is 0.0668 e. The first kappa shape index (κ1) is 10.8. The molecule has 1 fully saturated rings. The van der Waals surface area contributed by atoms with Gasteiger partial charge in [0.05, 0.1) is 12.0 Å². The van der Waals surface area contributed by atoms with Crippen LogP contribution in [0.5, 0.6) is 0 Å². The Morgan fingerprint density at radius 3 is 2.11 bits per heavy atom. The van der Waals surface area contributed by atoms with Crippen LogP contribution in [-0.4, -0.2) is 0 Å². The van der Waals surface area contributed by atoms with E-state index in [1.807, 2.05) is 0 Å². The second kappa shape index (κ2) is 3.71. The highest BCUT2D eigenvalue weighted by Gasteiger charge is 2.51. The van der Waals surface area contributed by atoms with Gasteiger partial charge in [-0.15, -0.1) is 0 Å². The number of nitriles is 1. The summed E-state index contributed by atoms with van der Waals surface area (Å²) < 4.78 is 0.